The Bertz CT molecular complexity index is 779. The molecule has 0 atom stereocenters. The van der Waals surface area contributed by atoms with Crippen molar-refractivity contribution in [3.8, 4) is 0 Å². The Morgan fingerprint density at radius 2 is 1.77 bits per heavy atom. The van der Waals surface area contributed by atoms with Gasteiger partial charge in [0.15, 0.2) is 0 Å². The number of carbonyl (C=O) groups is 1. The molecule has 2 rings (SSSR count). The lowest BCUT2D eigenvalue weighted by Crippen LogP contribution is -2.25. The maximum Gasteiger partial charge on any atom is 0.431 e. The zero-order chi connectivity index (χ0) is 16.5. The van der Waals surface area contributed by atoms with E-state index in [0.717, 1.165) is 17.2 Å². The molecule has 0 aliphatic carbocycles. The molecule has 4 nitrogen and oxygen atoms in total. The number of carbonyl (C=O) groups excluding carboxylic acids is 1. The number of benzene rings is 1. The highest BCUT2D eigenvalue weighted by Crippen LogP contribution is 2.26. The fourth-order valence-corrected chi connectivity index (χ4v) is 1.84. The first kappa shape index (κ1) is 15.8. The minimum absolute atomic E-state index is 0.383. The van der Waals surface area contributed by atoms with E-state index >= 15 is 0 Å². The first-order valence-corrected chi connectivity index (χ1v) is 6.37. The van der Waals surface area contributed by atoms with Crippen LogP contribution in [0.15, 0.2) is 35.1 Å². The summed E-state index contributed by atoms with van der Waals surface area (Å²) in [5.74, 6) is -0.766. The highest BCUT2D eigenvalue weighted by Gasteiger charge is 2.32. The van der Waals surface area contributed by atoms with Gasteiger partial charge in [0.1, 0.15) is 11.3 Å². The molecule has 0 radical (unpaired) electrons. The summed E-state index contributed by atoms with van der Waals surface area (Å²) in [4.78, 5) is 25.3. The van der Waals surface area contributed by atoms with Gasteiger partial charge in [0, 0.05) is 5.69 Å². The van der Waals surface area contributed by atoms with E-state index in [9.17, 15) is 22.8 Å². The van der Waals surface area contributed by atoms with Gasteiger partial charge in [-0.1, -0.05) is 6.07 Å². The maximum absolute atomic E-state index is 12.5. The van der Waals surface area contributed by atoms with E-state index in [1.165, 1.54) is 0 Å². The van der Waals surface area contributed by atoms with E-state index < -0.39 is 23.3 Å². The lowest BCUT2D eigenvalue weighted by molar-refractivity contribution is -0.141. The van der Waals surface area contributed by atoms with Crippen molar-refractivity contribution in [3.05, 3.63) is 63.1 Å². The third-order valence-electron chi connectivity index (χ3n) is 3.22. The fraction of sp³-hybridized carbons (Fsp3) is 0.200. The summed E-state index contributed by atoms with van der Waals surface area (Å²) in [5.41, 5.74) is -0.223. The highest BCUT2D eigenvalue weighted by molar-refractivity contribution is 6.04. The second kappa shape index (κ2) is 5.67. The molecule has 2 aromatic rings. The molecule has 1 aromatic carbocycles. The third kappa shape index (κ3) is 3.36. The number of alkyl halides is 3. The van der Waals surface area contributed by atoms with Gasteiger partial charge in [-0.2, -0.15) is 13.2 Å². The van der Waals surface area contributed by atoms with Crippen molar-refractivity contribution in [1.82, 2.24) is 4.98 Å². The van der Waals surface area contributed by atoms with E-state index in [1.807, 2.05) is 13.8 Å². The van der Waals surface area contributed by atoms with Crippen LogP contribution < -0.4 is 10.9 Å². The Morgan fingerprint density at radius 1 is 1.09 bits per heavy atom. The molecule has 116 valence electrons. The van der Waals surface area contributed by atoms with Crippen molar-refractivity contribution < 1.29 is 18.0 Å². The number of anilines is 1. The maximum atomic E-state index is 12.5. The van der Waals surface area contributed by atoms with Gasteiger partial charge < -0.3 is 10.3 Å². The van der Waals surface area contributed by atoms with Gasteiger partial charge in [0.05, 0.1) is 0 Å². The van der Waals surface area contributed by atoms with Crippen LogP contribution in [0.25, 0.3) is 0 Å². The number of nitrogens with one attached hydrogen (secondary N) is 2. The number of H-pyrrole nitrogens is 1. The molecule has 0 fully saturated rings. The van der Waals surface area contributed by atoms with Gasteiger partial charge in [0.2, 0.25) is 0 Å². The topological polar surface area (TPSA) is 62.0 Å². The summed E-state index contributed by atoms with van der Waals surface area (Å²) in [7, 11) is 0. The van der Waals surface area contributed by atoms with Crippen LogP contribution in [-0.2, 0) is 6.18 Å². The number of rotatable bonds is 2. The molecule has 0 aliphatic heterocycles. The SMILES string of the molecule is Cc1ccc(NC(=O)c2ccc(C(F)(F)F)[nH]c2=O)cc1C. The number of hydrogen-bond donors (Lipinski definition) is 2. The van der Waals surface area contributed by atoms with E-state index in [4.69, 9.17) is 0 Å². The fourth-order valence-electron chi connectivity index (χ4n) is 1.84. The lowest BCUT2D eigenvalue weighted by Gasteiger charge is -2.09. The molecule has 0 unspecified atom stereocenters. The smallest absolute Gasteiger partial charge is 0.322 e. The molecule has 0 bridgehead atoms. The quantitative estimate of drug-likeness (QED) is 0.894. The van der Waals surface area contributed by atoms with Crippen LogP contribution in [0.2, 0.25) is 0 Å². The second-order valence-electron chi connectivity index (χ2n) is 4.87. The van der Waals surface area contributed by atoms with E-state index in [0.29, 0.717) is 11.8 Å². The van der Waals surface area contributed by atoms with Crippen molar-refractivity contribution in [3.63, 3.8) is 0 Å². The lowest BCUT2D eigenvalue weighted by atomic mass is 10.1. The third-order valence-corrected chi connectivity index (χ3v) is 3.22. The van der Waals surface area contributed by atoms with Gasteiger partial charge in [0.25, 0.3) is 11.5 Å². The monoisotopic (exact) mass is 310 g/mol. The number of hydrogen-bond acceptors (Lipinski definition) is 2. The Kier molecular flexibility index (Phi) is 4.07. The van der Waals surface area contributed by atoms with Gasteiger partial charge in [-0.3, -0.25) is 9.59 Å². The van der Waals surface area contributed by atoms with Crippen LogP contribution in [0.4, 0.5) is 18.9 Å². The molecule has 0 aliphatic rings. The van der Waals surface area contributed by atoms with Crippen molar-refractivity contribution in [2.24, 2.45) is 0 Å². The van der Waals surface area contributed by atoms with E-state index in [2.05, 4.69) is 5.32 Å². The standard InChI is InChI=1S/C15H13F3N2O2/c1-8-3-4-10(7-9(8)2)19-13(21)11-5-6-12(15(16,17)18)20-14(11)22/h3-7H,1-2H3,(H,19,21)(H,20,22). The molecular weight excluding hydrogens is 297 g/mol. The molecule has 0 saturated carbocycles. The number of aryl methyl sites for hydroxylation is 2. The Balaban J connectivity index is 2.26. The summed E-state index contributed by atoms with van der Waals surface area (Å²) < 4.78 is 37.4. The van der Waals surface area contributed by atoms with E-state index in [1.54, 1.807) is 23.2 Å². The van der Waals surface area contributed by atoms with Crippen LogP contribution >= 0.6 is 0 Å². The molecule has 0 saturated heterocycles. The van der Waals surface area contributed by atoms with Crippen molar-refractivity contribution >= 4 is 11.6 Å². The predicted octanol–water partition coefficient (Wildman–Crippen LogP) is 3.26. The molecule has 0 spiro atoms. The average Bonchev–Trinajstić information content (AvgIpc) is 2.41. The summed E-state index contributed by atoms with van der Waals surface area (Å²) in [6, 6.07) is 6.68. The number of aromatic nitrogens is 1. The minimum atomic E-state index is -4.66. The molecule has 1 amide bonds. The largest absolute Gasteiger partial charge is 0.431 e. The highest BCUT2D eigenvalue weighted by atomic mass is 19.4. The number of amides is 1. The Labute approximate surface area is 124 Å². The van der Waals surface area contributed by atoms with Crippen molar-refractivity contribution in [2.75, 3.05) is 5.32 Å². The minimum Gasteiger partial charge on any atom is -0.322 e. The van der Waals surface area contributed by atoms with Gasteiger partial charge in [-0.05, 0) is 49.2 Å². The zero-order valence-electron chi connectivity index (χ0n) is 11.8. The van der Waals surface area contributed by atoms with Crippen LogP contribution in [0.1, 0.15) is 27.2 Å². The zero-order valence-corrected chi connectivity index (χ0v) is 11.8. The number of aromatic amines is 1. The second-order valence-corrected chi connectivity index (χ2v) is 4.87. The van der Waals surface area contributed by atoms with Crippen LogP contribution in [0, 0.1) is 13.8 Å². The molecule has 1 aromatic heterocycles. The first-order chi connectivity index (χ1) is 10.2. The summed E-state index contributed by atoms with van der Waals surface area (Å²) >= 11 is 0. The molecule has 1 heterocycles. The van der Waals surface area contributed by atoms with Crippen LogP contribution in [0.5, 0.6) is 0 Å². The number of halogens is 3. The summed E-state index contributed by atoms with van der Waals surface area (Å²) in [6.07, 6.45) is -4.66. The van der Waals surface area contributed by atoms with Crippen LogP contribution in [0.3, 0.4) is 0 Å². The number of pyridine rings is 1. The summed E-state index contributed by atoms with van der Waals surface area (Å²) in [5, 5.41) is 2.49. The molecule has 22 heavy (non-hydrogen) atoms. The van der Waals surface area contributed by atoms with Crippen molar-refractivity contribution in [2.45, 2.75) is 20.0 Å². The predicted molar refractivity (Wildman–Crippen MR) is 75.9 cm³/mol. The molecular formula is C15H13F3N2O2. The summed E-state index contributed by atoms with van der Waals surface area (Å²) in [6.45, 7) is 3.76. The normalized spacial score (nSPS) is 11.3. The van der Waals surface area contributed by atoms with E-state index in [-0.39, 0.29) is 5.56 Å². The molecule has 2 N–H and O–H groups in total. The van der Waals surface area contributed by atoms with Crippen LogP contribution in [-0.4, -0.2) is 10.9 Å². The van der Waals surface area contributed by atoms with Gasteiger partial charge in [-0.15, -0.1) is 0 Å². The Hall–Kier alpha value is -2.57. The van der Waals surface area contributed by atoms with Gasteiger partial charge >= 0.3 is 6.18 Å². The first-order valence-electron chi connectivity index (χ1n) is 6.37. The average molecular weight is 310 g/mol. The van der Waals surface area contributed by atoms with Crippen molar-refractivity contribution in [1.29, 1.82) is 0 Å². The van der Waals surface area contributed by atoms with Gasteiger partial charge in [-0.25, -0.2) is 0 Å². The Morgan fingerprint density at radius 3 is 2.32 bits per heavy atom. The molecule has 7 heteroatoms.